The molecule has 1 aliphatic heterocycles. The van der Waals surface area contributed by atoms with Crippen molar-refractivity contribution in [1.82, 2.24) is 4.90 Å². The Balaban J connectivity index is 2.40. The van der Waals surface area contributed by atoms with Crippen molar-refractivity contribution in [1.29, 1.82) is 5.26 Å². The molecule has 86 valence electrons. The molecule has 0 aliphatic carbocycles. The molecule has 0 N–H and O–H groups in total. The van der Waals surface area contributed by atoms with Gasteiger partial charge in [-0.15, -0.1) is 0 Å². The lowest BCUT2D eigenvalue weighted by molar-refractivity contribution is 0.0890. The van der Waals surface area contributed by atoms with E-state index < -0.39 is 0 Å². The van der Waals surface area contributed by atoms with Crippen LogP contribution in [0.5, 0.6) is 0 Å². The van der Waals surface area contributed by atoms with Gasteiger partial charge in [-0.25, -0.2) is 0 Å². The maximum Gasteiger partial charge on any atom is 0.0638 e. The van der Waals surface area contributed by atoms with Gasteiger partial charge in [-0.2, -0.15) is 5.26 Å². The molecule has 2 heteroatoms. The summed E-state index contributed by atoms with van der Waals surface area (Å²) < 4.78 is 0. The monoisotopic (exact) mass is 208 g/mol. The first-order valence-corrected chi connectivity index (χ1v) is 6.06. The Morgan fingerprint density at radius 3 is 2.27 bits per heavy atom. The number of nitriles is 1. The molecule has 1 unspecified atom stereocenters. The van der Waals surface area contributed by atoms with Crippen molar-refractivity contribution in [3.8, 4) is 6.07 Å². The fourth-order valence-corrected chi connectivity index (χ4v) is 2.47. The van der Waals surface area contributed by atoms with Crippen LogP contribution in [-0.4, -0.2) is 24.0 Å². The summed E-state index contributed by atoms with van der Waals surface area (Å²) in [4.78, 5) is 2.46. The summed E-state index contributed by atoms with van der Waals surface area (Å²) in [6, 6.07) is 2.71. The molecule has 0 aromatic heterocycles. The van der Waals surface area contributed by atoms with Crippen molar-refractivity contribution in [2.75, 3.05) is 13.1 Å². The van der Waals surface area contributed by atoms with Crippen LogP contribution in [0.2, 0.25) is 0 Å². The highest BCUT2D eigenvalue weighted by atomic mass is 15.2. The normalized spacial score (nSPS) is 22.3. The summed E-state index contributed by atoms with van der Waals surface area (Å²) in [6.07, 6.45) is 3.25. The lowest BCUT2D eigenvalue weighted by Gasteiger charge is -2.40. The second-order valence-corrected chi connectivity index (χ2v) is 5.89. The van der Waals surface area contributed by atoms with Crippen LogP contribution in [0.4, 0.5) is 0 Å². The Kier molecular flexibility index (Phi) is 4.16. The fraction of sp³-hybridized carbons (Fsp3) is 0.923. The third-order valence-corrected chi connectivity index (χ3v) is 3.76. The summed E-state index contributed by atoms with van der Waals surface area (Å²) in [7, 11) is 0. The fourth-order valence-electron chi connectivity index (χ4n) is 2.47. The van der Waals surface area contributed by atoms with Gasteiger partial charge in [-0.05, 0) is 44.2 Å². The molecule has 0 radical (unpaired) electrons. The Morgan fingerprint density at radius 1 is 1.33 bits per heavy atom. The van der Waals surface area contributed by atoms with Crippen molar-refractivity contribution in [3.05, 3.63) is 0 Å². The highest BCUT2D eigenvalue weighted by Gasteiger charge is 2.29. The van der Waals surface area contributed by atoms with Gasteiger partial charge < -0.3 is 0 Å². The van der Waals surface area contributed by atoms with Crippen LogP contribution in [0.1, 0.15) is 47.0 Å². The van der Waals surface area contributed by atoms with Crippen molar-refractivity contribution in [3.63, 3.8) is 0 Å². The van der Waals surface area contributed by atoms with Crippen molar-refractivity contribution in [2.45, 2.75) is 53.0 Å². The van der Waals surface area contributed by atoms with E-state index in [1.165, 1.54) is 25.9 Å². The van der Waals surface area contributed by atoms with Gasteiger partial charge in [-0.3, -0.25) is 4.90 Å². The highest BCUT2D eigenvalue weighted by molar-refractivity contribution is 4.85. The van der Waals surface area contributed by atoms with Crippen LogP contribution < -0.4 is 0 Å². The van der Waals surface area contributed by atoms with E-state index in [0.29, 0.717) is 17.9 Å². The Morgan fingerprint density at radius 2 is 1.87 bits per heavy atom. The number of likely N-dealkylation sites (tertiary alicyclic amines) is 1. The molecule has 15 heavy (non-hydrogen) atoms. The van der Waals surface area contributed by atoms with E-state index in [0.717, 1.165) is 5.92 Å². The molecule has 1 fully saturated rings. The molecule has 0 amide bonds. The second kappa shape index (κ2) is 4.99. The molecule has 0 aromatic carbocycles. The summed E-state index contributed by atoms with van der Waals surface area (Å²) in [5.74, 6) is 0.850. The summed E-state index contributed by atoms with van der Waals surface area (Å²) in [6.45, 7) is 11.5. The van der Waals surface area contributed by atoms with Gasteiger partial charge in [-0.1, -0.05) is 20.8 Å². The molecule has 1 aliphatic rings. The lowest BCUT2D eigenvalue weighted by Crippen LogP contribution is -2.42. The highest BCUT2D eigenvalue weighted by Crippen LogP contribution is 2.34. The zero-order valence-electron chi connectivity index (χ0n) is 10.6. The molecule has 0 spiro atoms. The van der Waals surface area contributed by atoms with E-state index in [1.54, 1.807) is 0 Å². The first-order chi connectivity index (χ1) is 6.95. The summed E-state index contributed by atoms with van der Waals surface area (Å²) in [5, 5.41) is 8.67. The van der Waals surface area contributed by atoms with Crippen molar-refractivity contribution in [2.24, 2.45) is 11.3 Å². The molecule has 0 saturated carbocycles. The van der Waals surface area contributed by atoms with E-state index in [-0.39, 0.29) is 0 Å². The quantitative estimate of drug-likeness (QED) is 0.697. The van der Waals surface area contributed by atoms with Gasteiger partial charge in [0.1, 0.15) is 0 Å². The zero-order chi connectivity index (χ0) is 11.5. The third-order valence-electron chi connectivity index (χ3n) is 3.76. The Bertz CT molecular complexity index is 226. The molecule has 2 nitrogen and oxygen atoms in total. The predicted octanol–water partition coefficient (Wildman–Crippen LogP) is 3.05. The van der Waals surface area contributed by atoms with Gasteiger partial charge >= 0.3 is 0 Å². The molecule has 0 bridgehead atoms. The van der Waals surface area contributed by atoms with Crippen LogP contribution in [0.25, 0.3) is 0 Å². The van der Waals surface area contributed by atoms with Gasteiger partial charge in [0, 0.05) is 6.04 Å². The van der Waals surface area contributed by atoms with Gasteiger partial charge in [0.25, 0.3) is 0 Å². The van der Waals surface area contributed by atoms with Crippen molar-refractivity contribution < 1.29 is 0 Å². The maximum atomic E-state index is 8.67. The summed E-state index contributed by atoms with van der Waals surface area (Å²) >= 11 is 0. The Labute approximate surface area is 94.3 Å². The van der Waals surface area contributed by atoms with Crippen LogP contribution in [-0.2, 0) is 0 Å². The molecule has 1 rings (SSSR count). The molecular formula is C13H24N2. The minimum absolute atomic E-state index is 0.441. The largest absolute Gasteiger partial charge is 0.300 e. The molecule has 1 atom stereocenters. The molecule has 0 aromatic rings. The first-order valence-electron chi connectivity index (χ1n) is 6.06. The maximum absolute atomic E-state index is 8.67. The average molecular weight is 208 g/mol. The third kappa shape index (κ3) is 3.50. The number of hydrogen-bond acceptors (Lipinski definition) is 2. The number of piperidine rings is 1. The first kappa shape index (κ1) is 12.5. The number of rotatable bonds is 2. The van der Waals surface area contributed by atoms with Gasteiger partial charge in [0.05, 0.1) is 12.5 Å². The van der Waals surface area contributed by atoms with E-state index >= 15 is 0 Å². The number of nitrogens with zero attached hydrogens (tertiary/aromatic N) is 2. The van der Waals surface area contributed by atoms with Crippen LogP contribution >= 0.6 is 0 Å². The van der Waals surface area contributed by atoms with Crippen LogP contribution in [0.15, 0.2) is 0 Å². The molecule has 1 heterocycles. The lowest BCUT2D eigenvalue weighted by atomic mass is 9.75. The van der Waals surface area contributed by atoms with E-state index in [9.17, 15) is 0 Å². The molecular weight excluding hydrogens is 184 g/mol. The topological polar surface area (TPSA) is 27.0 Å². The SMILES string of the molecule is CC(CC#N)N1CCC(C(C)(C)C)CC1. The smallest absolute Gasteiger partial charge is 0.0638 e. The predicted molar refractivity (Wildman–Crippen MR) is 63.4 cm³/mol. The minimum atomic E-state index is 0.441. The van der Waals surface area contributed by atoms with E-state index in [2.05, 4.69) is 38.7 Å². The van der Waals surface area contributed by atoms with Crippen LogP contribution in [0.3, 0.4) is 0 Å². The second-order valence-electron chi connectivity index (χ2n) is 5.89. The van der Waals surface area contributed by atoms with E-state index in [1.807, 2.05) is 0 Å². The van der Waals surface area contributed by atoms with Crippen LogP contribution in [0, 0.1) is 22.7 Å². The van der Waals surface area contributed by atoms with E-state index in [4.69, 9.17) is 5.26 Å². The number of hydrogen-bond donors (Lipinski definition) is 0. The van der Waals surface area contributed by atoms with Gasteiger partial charge in [0.2, 0.25) is 0 Å². The van der Waals surface area contributed by atoms with Crippen molar-refractivity contribution >= 4 is 0 Å². The average Bonchev–Trinajstić information content (AvgIpc) is 2.17. The molecule has 1 saturated heterocycles. The Hall–Kier alpha value is -0.550. The summed E-state index contributed by atoms with van der Waals surface area (Å²) in [5.41, 5.74) is 0.449. The van der Waals surface area contributed by atoms with Gasteiger partial charge in [0.15, 0.2) is 0 Å². The zero-order valence-corrected chi connectivity index (χ0v) is 10.6. The standard InChI is InChI=1S/C13H24N2/c1-11(5-8-14)15-9-6-12(7-10-15)13(2,3)4/h11-12H,5-7,9-10H2,1-4H3. The minimum Gasteiger partial charge on any atom is -0.300 e.